The molecule has 1 aliphatic rings. The van der Waals surface area contributed by atoms with Gasteiger partial charge in [-0.1, -0.05) is 25.1 Å². The first-order valence-electron chi connectivity index (χ1n) is 7.47. The Bertz CT molecular complexity index is 405. The summed E-state index contributed by atoms with van der Waals surface area (Å²) >= 11 is 0. The van der Waals surface area contributed by atoms with Gasteiger partial charge in [0, 0.05) is 31.3 Å². The van der Waals surface area contributed by atoms with Crippen molar-refractivity contribution in [3.8, 4) is 5.75 Å². The summed E-state index contributed by atoms with van der Waals surface area (Å²) < 4.78 is 11.1. The van der Waals surface area contributed by atoms with Crippen molar-refractivity contribution in [2.45, 2.75) is 31.9 Å². The van der Waals surface area contributed by atoms with E-state index in [1.807, 2.05) is 24.3 Å². The van der Waals surface area contributed by atoms with Gasteiger partial charge in [-0.15, -0.1) is 0 Å². The highest BCUT2D eigenvalue weighted by Crippen LogP contribution is 2.24. The molecule has 0 amide bonds. The molecule has 2 N–H and O–H groups in total. The Hall–Kier alpha value is -1.10. The molecule has 2 atom stereocenters. The van der Waals surface area contributed by atoms with Gasteiger partial charge < -0.3 is 15.2 Å². The Labute approximate surface area is 121 Å². The fraction of sp³-hybridized carbons (Fsp3) is 0.625. The van der Waals surface area contributed by atoms with Crippen LogP contribution in [0.4, 0.5) is 0 Å². The smallest absolute Gasteiger partial charge is 0.123 e. The average molecular weight is 278 g/mol. The monoisotopic (exact) mass is 278 g/mol. The van der Waals surface area contributed by atoms with E-state index in [0.29, 0.717) is 6.10 Å². The zero-order valence-electron chi connectivity index (χ0n) is 12.5. The third kappa shape index (κ3) is 3.95. The van der Waals surface area contributed by atoms with Crippen LogP contribution in [0.1, 0.15) is 31.4 Å². The highest BCUT2D eigenvalue weighted by atomic mass is 16.5. The minimum Gasteiger partial charge on any atom is -0.496 e. The highest BCUT2D eigenvalue weighted by molar-refractivity contribution is 5.35. The number of hydrogen-bond acceptors (Lipinski definition) is 4. The molecule has 0 saturated carbocycles. The predicted octanol–water partition coefficient (Wildman–Crippen LogP) is 2.20. The van der Waals surface area contributed by atoms with Crippen LogP contribution < -0.4 is 10.5 Å². The van der Waals surface area contributed by atoms with Crippen LogP contribution in [0.2, 0.25) is 0 Å². The van der Waals surface area contributed by atoms with Crippen LogP contribution in [0.3, 0.4) is 0 Å². The summed E-state index contributed by atoms with van der Waals surface area (Å²) in [5.74, 6) is 0.869. The first-order valence-corrected chi connectivity index (χ1v) is 7.47. The van der Waals surface area contributed by atoms with Gasteiger partial charge in [0.05, 0.1) is 13.2 Å². The summed E-state index contributed by atoms with van der Waals surface area (Å²) in [6.07, 6.45) is 2.72. The van der Waals surface area contributed by atoms with E-state index < -0.39 is 0 Å². The van der Waals surface area contributed by atoms with E-state index in [4.69, 9.17) is 15.2 Å². The van der Waals surface area contributed by atoms with Gasteiger partial charge in [-0.25, -0.2) is 0 Å². The molecular weight excluding hydrogens is 252 g/mol. The summed E-state index contributed by atoms with van der Waals surface area (Å²) in [4.78, 5) is 2.37. The lowest BCUT2D eigenvalue weighted by molar-refractivity contribution is 0.0728. The fourth-order valence-electron chi connectivity index (χ4n) is 2.76. The Morgan fingerprint density at radius 3 is 2.90 bits per heavy atom. The highest BCUT2D eigenvalue weighted by Gasteiger charge is 2.21. The van der Waals surface area contributed by atoms with E-state index in [-0.39, 0.29) is 6.04 Å². The maximum Gasteiger partial charge on any atom is 0.123 e. The molecule has 0 aromatic heterocycles. The fourth-order valence-corrected chi connectivity index (χ4v) is 2.76. The Morgan fingerprint density at radius 2 is 2.25 bits per heavy atom. The number of hydrogen-bond donors (Lipinski definition) is 1. The topological polar surface area (TPSA) is 47.7 Å². The van der Waals surface area contributed by atoms with Crippen molar-refractivity contribution in [1.29, 1.82) is 0 Å². The molecule has 0 spiro atoms. The summed E-state index contributed by atoms with van der Waals surface area (Å²) in [5.41, 5.74) is 7.43. The molecular formula is C16H26N2O2. The normalized spacial score (nSPS) is 20.3. The van der Waals surface area contributed by atoms with E-state index in [0.717, 1.165) is 37.6 Å². The van der Waals surface area contributed by atoms with E-state index in [9.17, 15) is 0 Å². The van der Waals surface area contributed by atoms with Crippen LogP contribution in [0.5, 0.6) is 5.75 Å². The largest absolute Gasteiger partial charge is 0.496 e. The van der Waals surface area contributed by atoms with Gasteiger partial charge in [-0.05, 0) is 25.5 Å². The molecule has 0 aliphatic carbocycles. The summed E-state index contributed by atoms with van der Waals surface area (Å²) in [6.45, 7) is 5.86. The van der Waals surface area contributed by atoms with Crippen molar-refractivity contribution >= 4 is 0 Å². The summed E-state index contributed by atoms with van der Waals surface area (Å²) in [6, 6.07) is 7.95. The number of likely N-dealkylation sites (N-methyl/N-ethyl adjacent to an activating group) is 1. The molecule has 0 bridgehead atoms. The van der Waals surface area contributed by atoms with E-state index >= 15 is 0 Å². The van der Waals surface area contributed by atoms with Gasteiger partial charge in [-0.2, -0.15) is 0 Å². The van der Waals surface area contributed by atoms with E-state index in [1.54, 1.807) is 7.11 Å². The van der Waals surface area contributed by atoms with E-state index in [1.165, 1.54) is 12.8 Å². The zero-order valence-corrected chi connectivity index (χ0v) is 12.5. The number of nitrogens with zero attached hydrogens (tertiary/aromatic N) is 1. The van der Waals surface area contributed by atoms with Crippen molar-refractivity contribution in [2.24, 2.45) is 5.73 Å². The number of rotatable bonds is 7. The van der Waals surface area contributed by atoms with Crippen molar-refractivity contribution in [2.75, 3.05) is 33.4 Å². The Morgan fingerprint density at radius 1 is 1.45 bits per heavy atom. The second kappa shape index (κ2) is 7.62. The molecule has 1 fully saturated rings. The number of ether oxygens (including phenoxy) is 2. The molecule has 4 heteroatoms. The van der Waals surface area contributed by atoms with Crippen molar-refractivity contribution in [1.82, 2.24) is 4.90 Å². The molecule has 2 rings (SSSR count). The van der Waals surface area contributed by atoms with Crippen LogP contribution in [0, 0.1) is 0 Å². The second-order valence-electron chi connectivity index (χ2n) is 5.34. The van der Waals surface area contributed by atoms with Gasteiger partial charge in [0.15, 0.2) is 0 Å². The molecule has 2 unspecified atom stereocenters. The lowest BCUT2D eigenvalue weighted by Crippen LogP contribution is -2.37. The minimum absolute atomic E-state index is 0.0347. The number of benzene rings is 1. The van der Waals surface area contributed by atoms with Crippen LogP contribution in [-0.2, 0) is 4.74 Å². The minimum atomic E-state index is -0.0347. The van der Waals surface area contributed by atoms with E-state index in [2.05, 4.69) is 11.8 Å². The van der Waals surface area contributed by atoms with Crippen LogP contribution in [0.25, 0.3) is 0 Å². The summed E-state index contributed by atoms with van der Waals surface area (Å²) in [7, 11) is 1.69. The average Bonchev–Trinajstić information content (AvgIpc) is 2.99. The second-order valence-corrected chi connectivity index (χ2v) is 5.34. The molecule has 1 aliphatic heterocycles. The van der Waals surface area contributed by atoms with Gasteiger partial charge in [0.2, 0.25) is 0 Å². The van der Waals surface area contributed by atoms with Gasteiger partial charge >= 0.3 is 0 Å². The molecule has 20 heavy (non-hydrogen) atoms. The van der Waals surface area contributed by atoms with Crippen LogP contribution in [0.15, 0.2) is 24.3 Å². The van der Waals surface area contributed by atoms with Crippen LogP contribution >= 0.6 is 0 Å². The molecule has 1 saturated heterocycles. The van der Waals surface area contributed by atoms with Crippen molar-refractivity contribution < 1.29 is 9.47 Å². The molecule has 1 aromatic rings. The molecule has 1 heterocycles. The maximum atomic E-state index is 6.36. The van der Waals surface area contributed by atoms with Crippen molar-refractivity contribution in [3.05, 3.63) is 29.8 Å². The quantitative estimate of drug-likeness (QED) is 0.830. The predicted molar refractivity (Wildman–Crippen MR) is 81.0 cm³/mol. The third-order valence-corrected chi connectivity index (χ3v) is 3.93. The third-order valence-electron chi connectivity index (χ3n) is 3.93. The lowest BCUT2D eigenvalue weighted by Gasteiger charge is -2.27. The first-order chi connectivity index (χ1) is 9.74. The van der Waals surface area contributed by atoms with Gasteiger partial charge in [0.25, 0.3) is 0 Å². The first kappa shape index (κ1) is 15.3. The maximum absolute atomic E-state index is 6.36. The van der Waals surface area contributed by atoms with Crippen LogP contribution in [-0.4, -0.2) is 44.4 Å². The zero-order chi connectivity index (χ0) is 14.4. The Kier molecular flexibility index (Phi) is 5.83. The van der Waals surface area contributed by atoms with Crippen molar-refractivity contribution in [3.63, 3.8) is 0 Å². The Balaban J connectivity index is 1.95. The SMILES string of the molecule is CCN(CC1CCCO1)CC(N)c1ccccc1OC. The molecule has 4 nitrogen and oxygen atoms in total. The number of methoxy groups -OCH3 is 1. The van der Waals surface area contributed by atoms with Gasteiger partial charge in [0.1, 0.15) is 5.75 Å². The molecule has 1 aromatic carbocycles. The van der Waals surface area contributed by atoms with Gasteiger partial charge in [-0.3, -0.25) is 4.90 Å². The molecule has 0 radical (unpaired) electrons. The number of nitrogens with two attached hydrogens (primary N) is 1. The standard InChI is InChI=1S/C16H26N2O2/c1-3-18(11-13-7-6-10-20-13)12-15(17)14-8-4-5-9-16(14)19-2/h4-5,8-9,13,15H,3,6-7,10-12,17H2,1-2H3. The molecule has 112 valence electrons. The number of para-hydroxylation sites is 1. The lowest BCUT2D eigenvalue weighted by atomic mass is 10.1. The summed E-state index contributed by atoms with van der Waals surface area (Å²) in [5, 5.41) is 0.